The van der Waals surface area contributed by atoms with Gasteiger partial charge >= 0.3 is 0 Å². The lowest BCUT2D eigenvalue weighted by atomic mass is 10.1. The maximum Gasteiger partial charge on any atom is 0.253 e. The summed E-state index contributed by atoms with van der Waals surface area (Å²) < 4.78 is 2.69. The normalized spacial score (nSPS) is 10.7. The second-order valence-electron chi connectivity index (χ2n) is 6.63. The molecule has 1 amide bonds. The van der Waals surface area contributed by atoms with E-state index in [1.54, 1.807) is 18.5 Å². The van der Waals surface area contributed by atoms with E-state index in [1.807, 2.05) is 59.4 Å². The summed E-state index contributed by atoms with van der Waals surface area (Å²) >= 11 is 3.35. The average Bonchev–Trinajstić information content (AvgIpc) is 3.16. The van der Waals surface area contributed by atoms with Crippen LogP contribution in [0.1, 0.15) is 21.5 Å². The summed E-state index contributed by atoms with van der Waals surface area (Å²) in [5, 5.41) is 7.76. The van der Waals surface area contributed by atoms with Crippen LogP contribution in [-0.4, -0.2) is 20.7 Å². The number of hydrogen-bond acceptors (Lipinski definition) is 3. The van der Waals surface area contributed by atoms with Gasteiger partial charge in [0.2, 0.25) is 0 Å². The van der Waals surface area contributed by atoms with Crippen molar-refractivity contribution in [3.05, 3.63) is 106 Å². The minimum absolute atomic E-state index is 0.173. The molecule has 0 aliphatic heterocycles. The van der Waals surface area contributed by atoms with E-state index in [2.05, 4.69) is 38.4 Å². The molecule has 0 saturated carbocycles. The lowest BCUT2D eigenvalue weighted by Crippen LogP contribution is -2.23. The number of benzene rings is 2. The first kappa shape index (κ1) is 19.1. The third kappa shape index (κ3) is 4.78. The Morgan fingerprint density at radius 1 is 1.00 bits per heavy atom. The molecule has 1 N–H and O–H groups in total. The monoisotopic (exact) mass is 446 g/mol. The van der Waals surface area contributed by atoms with Crippen LogP contribution < -0.4 is 5.32 Å². The maximum atomic E-state index is 12.5. The fraction of sp³-hybridized carbons (Fsp3) is 0.0870. The van der Waals surface area contributed by atoms with E-state index < -0.39 is 0 Å². The van der Waals surface area contributed by atoms with Crippen molar-refractivity contribution in [1.29, 1.82) is 0 Å². The summed E-state index contributed by atoms with van der Waals surface area (Å²) in [5.41, 5.74) is 4.54. The number of hydrogen-bond donors (Lipinski definition) is 1. The van der Waals surface area contributed by atoms with Gasteiger partial charge in [0.05, 0.1) is 17.8 Å². The number of aromatic nitrogens is 3. The molecule has 0 radical (unpaired) electrons. The van der Waals surface area contributed by atoms with Crippen LogP contribution in [0.25, 0.3) is 11.3 Å². The van der Waals surface area contributed by atoms with Crippen LogP contribution in [0.5, 0.6) is 0 Å². The molecular weight excluding hydrogens is 428 g/mol. The molecular formula is C23H19BrN4O. The highest BCUT2D eigenvalue weighted by atomic mass is 79.9. The second-order valence-corrected chi connectivity index (χ2v) is 7.54. The Morgan fingerprint density at radius 3 is 2.45 bits per heavy atom. The van der Waals surface area contributed by atoms with Gasteiger partial charge in [-0.1, -0.05) is 60.7 Å². The number of nitrogens with zero attached hydrogens (tertiary/aromatic N) is 3. The Hall–Kier alpha value is -3.25. The first-order chi connectivity index (χ1) is 14.2. The highest BCUT2D eigenvalue weighted by molar-refractivity contribution is 9.10. The summed E-state index contributed by atoms with van der Waals surface area (Å²) in [7, 11) is 0. The summed E-state index contributed by atoms with van der Waals surface area (Å²) in [6.45, 7) is 1.05. The first-order valence-electron chi connectivity index (χ1n) is 9.23. The van der Waals surface area contributed by atoms with Gasteiger partial charge in [-0.2, -0.15) is 5.10 Å². The predicted molar refractivity (Wildman–Crippen MR) is 116 cm³/mol. The number of pyridine rings is 1. The smallest absolute Gasteiger partial charge is 0.253 e. The van der Waals surface area contributed by atoms with E-state index in [0.717, 1.165) is 21.3 Å². The molecule has 0 fully saturated rings. The molecule has 0 saturated heterocycles. The zero-order valence-electron chi connectivity index (χ0n) is 15.6. The number of amides is 1. The number of nitrogens with one attached hydrogen (secondary N) is 1. The van der Waals surface area contributed by atoms with E-state index in [0.29, 0.717) is 18.7 Å². The predicted octanol–water partition coefficient (Wildman–Crippen LogP) is 4.69. The number of carbonyl (C=O) groups excluding carboxylic acids is 1. The van der Waals surface area contributed by atoms with E-state index in [9.17, 15) is 4.79 Å². The Bertz CT molecular complexity index is 1110. The molecule has 5 nitrogen and oxygen atoms in total. The molecule has 0 aliphatic rings. The van der Waals surface area contributed by atoms with Crippen LogP contribution in [0.3, 0.4) is 0 Å². The van der Waals surface area contributed by atoms with Crippen LogP contribution >= 0.6 is 15.9 Å². The molecule has 29 heavy (non-hydrogen) atoms. The summed E-state index contributed by atoms with van der Waals surface area (Å²) in [6, 6.07) is 21.9. The van der Waals surface area contributed by atoms with Crippen molar-refractivity contribution in [3.8, 4) is 11.3 Å². The van der Waals surface area contributed by atoms with Gasteiger partial charge in [0, 0.05) is 40.7 Å². The van der Waals surface area contributed by atoms with E-state index in [4.69, 9.17) is 5.10 Å². The standard InChI is InChI=1S/C23H19BrN4O/c24-21-11-19(12-25-14-21)23(29)26-13-20-16-28(15-17-7-3-1-4-8-17)27-22(20)18-9-5-2-6-10-18/h1-12,14,16H,13,15H2,(H,26,29). The van der Waals surface area contributed by atoms with Gasteiger partial charge in [0.25, 0.3) is 5.91 Å². The number of rotatable bonds is 6. The van der Waals surface area contributed by atoms with Gasteiger partial charge in [0.1, 0.15) is 0 Å². The van der Waals surface area contributed by atoms with Crippen molar-refractivity contribution >= 4 is 21.8 Å². The highest BCUT2D eigenvalue weighted by Crippen LogP contribution is 2.22. The van der Waals surface area contributed by atoms with Crippen molar-refractivity contribution in [2.45, 2.75) is 13.1 Å². The van der Waals surface area contributed by atoms with Crippen LogP contribution in [0.15, 0.2) is 89.8 Å². The summed E-state index contributed by atoms with van der Waals surface area (Å²) in [5.74, 6) is -0.173. The zero-order chi connectivity index (χ0) is 20.1. The molecule has 0 spiro atoms. The van der Waals surface area contributed by atoms with Gasteiger partial charge in [-0.25, -0.2) is 0 Å². The largest absolute Gasteiger partial charge is 0.348 e. The Labute approximate surface area is 177 Å². The average molecular weight is 447 g/mol. The second kappa shape index (κ2) is 8.84. The van der Waals surface area contributed by atoms with Gasteiger partial charge in [-0.15, -0.1) is 0 Å². The molecule has 2 aromatic carbocycles. The Balaban J connectivity index is 1.58. The Kier molecular flexibility index (Phi) is 5.81. The molecule has 2 aromatic heterocycles. The molecule has 0 aliphatic carbocycles. The first-order valence-corrected chi connectivity index (χ1v) is 10.0. The lowest BCUT2D eigenvalue weighted by molar-refractivity contribution is 0.0950. The highest BCUT2D eigenvalue weighted by Gasteiger charge is 2.13. The fourth-order valence-electron chi connectivity index (χ4n) is 3.10. The van der Waals surface area contributed by atoms with Crippen molar-refractivity contribution in [1.82, 2.24) is 20.1 Å². The molecule has 4 rings (SSSR count). The third-order valence-corrected chi connectivity index (χ3v) is 4.91. The van der Waals surface area contributed by atoms with E-state index >= 15 is 0 Å². The molecule has 2 heterocycles. The van der Waals surface area contributed by atoms with Crippen LogP contribution in [0.2, 0.25) is 0 Å². The molecule has 0 atom stereocenters. The summed E-state index contributed by atoms with van der Waals surface area (Å²) in [4.78, 5) is 16.6. The van der Waals surface area contributed by atoms with Crippen LogP contribution in [-0.2, 0) is 13.1 Å². The molecule has 4 aromatic rings. The van der Waals surface area contributed by atoms with Crippen molar-refractivity contribution < 1.29 is 4.79 Å². The van der Waals surface area contributed by atoms with Crippen molar-refractivity contribution in [2.24, 2.45) is 0 Å². The molecule has 6 heteroatoms. The van der Waals surface area contributed by atoms with E-state index in [1.165, 1.54) is 5.56 Å². The fourth-order valence-corrected chi connectivity index (χ4v) is 3.46. The maximum absolute atomic E-state index is 12.5. The molecule has 144 valence electrons. The lowest BCUT2D eigenvalue weighted by Gasteiger charge is -2.06. The van der Waals surface area contributed by atoms with Gasteiger partial charge < -0.3 is 5.32 Å². The minimum Gasteiger partial charge on any atom is -0.348 e. The third-order valence-electron chi connectivity index (χ3n) is 4.48. The summed E-state index contributed by atoms with van der Waals surface area (Å²) in [6.07, 6.45) is 5.20. The van der Waals surface area contributed by atoms with E-state index in [-0.39, 0.29) is 5.91 Å². The molecule has 0 bridgehead atoms. The number of halogens is 1. The van der Waals surface area contributed by atoms with Crippen molar-refractivity contribution in [2.75, 3.05) is 0 Å². The topological polar surface area (TPSA) is 59.8 Å². The van der Waals surface area contributed by atoms with Crippen LogP contribution in [0.4, 0.5) is 0 Å². The SMILES string of the molecule is O=C(NCc1cn(Cc2ccccc2)nc1-c1ccccc1)c1cncc(Br)c1. The van der Waals surface area contributed by atoms with Crippen LogP contribution in [0, 0.1) is 0 Å². The van der Waals surface area contributed by atoms with Crippen molar-refractivity contribution in [3.63, 3.8) is 0 Å². The number of carbonyl (C=O) groups is 1. The van der Waals surface area contributed by atoms with Gasteiger partial charge in [-0.3, -0.25) is 14.5 Å². The molecule has 0 unspecified atom stereocenters. The zero-order valence-corrected chi connectivity index (χ0v) is 17.2. The van der Waals surface area contributed by atoms with Gasteiger partial charge in [0.15, 0.2) is 0 Å². The Morgan fingerprint density at radius 2 is 1.72 bits per heavy atom. The quantitative estimate of drug-likeness (QED) is 0.467. The minimum atomic E-state index is -0.173. The van der Waals surface area contributed by atoms with Gasteiger partial charge in [-0.05, 0) is 27.6 Å².